The predicted molar refractivity (Wildman–Crippen MR) is 144 cm³/mol. The summed E-state index contributed by atoms with van der Waals surface area (Å²) in [6, 6.07) is 5.81. The molecule has 35 heavy (non-hydrogen) atoms. The van der Waals surface area contributed by atoms with Crippen molar-refractivity contribution in [2.45, 2.75) is 83.6 Å². The number of amides is 1. The topological polar surface area (TPSA) is 75.6 Å². The van der Waals surface area contributed by atoms with Crippen molar-refractivity contribution >= 4 is 11.9 Å². The van der Waals surface area contributed by atoms with Crippen LogP contribution >= 0.6 is 0 Å². The van der Waals surface area contributed by atoms with Gasteiger partial charge in [0.1, 0.15) is 11.8 Å². The standard InChI is InChI=1S/C30H43NO4/c1-3-4-5-6-7-8-9-10-11-12-13-14-15-16-17-18-19-20-29(33)31-28(30(34)35-2)25-26-21-23-27(32)24-22-26/h7-8,10-11,13-14,16-17,21-24,28,32H,3-6,9,12,15,18-20,25H2,1-2H3,(H,31,33)/t28-/m0/s1. The van der Waals surface area contributed by atoms with Crippen LogP contribution in [-0.4, -0.2) is 30.1 Å². The van der Waals surface area contributed by atoms with Gasteiger partial charge in [-0.3, -0.25) is 4.79 Å². The van der Waals surface area contributed by atoms with E-state index in [1.165, 1.54) is 32.8 Å². The minimum Gasteiger partial charge on any atom is -0.508 e. The van der Waals surface area contributed by atoms with Gasteiger partial charge in [0.15, 0.2) is 0 Å². The predicted octanol–water partition coefficient (Wildman–Crippen LogP) is 6.74. The van der Waals surface area contributed by atoms with Crippen molar-refractivity contribution in [2.75, 3.05) is 7.11 Å². The fraction of sp³-hybridized carbons (Fsp3) is 0.467. The second kappa shape index (κ2) is 20.3. The molecule has 0 fully saturated rings. The third kappa shape index (κ3) is 16.2. The fourth-order valence-electron chi connectivity index (χ4n) is 3.41. The zero-order chi connectivity index (χ0) is 25.6. The average molecular weight is 482 g/mol. The maximum atomic E-state index is 12.3. The first-order valence-electron chi connectivity index (χ1n) is 12.8. The van der Waals surface area contributed by atoms with Crippen molar-refractivity contribution in [2.24, 2.45) is 0 Å². The molecule has 192 valence electrons. The summed E-state index contributed by atoms with van der Waals surface area (Å²) < 4.78 is 4.82. The van der Waals surface area contributed by atoms with Crippen LogP contribution in [0, 0.1) is 0 Å². The maximum Gasteiger partial charge on any atom is 0.328 e. The number of rotatable bonds is 18. The monoisotopic (exact) mass is 481 g/mol. The van der Waals surface area contributed by atoms with Crippen molar-refractivity contribution < 1.29 is 19.4 Å². The first-order chi connectivity index (χ1) is 17.1. The number of hydrogen-bond acceptors (Lipinski definition) is 4. The molecule has 1 rings (SSSR count). The maximum absolute atomic E-state index is 12.3. The highest BCUT2D eigenvalue weighted by Crippen LogP contribution is 2.12. The van der Waals surface area contributed by atoms with Gasteiger partial charge >= 0.3 is 5.97 Å². The van der Waals surface area contributed by atoms with Crippen molar-refractivity contribution in [3.63, 3.8) is 0 Å². The summed E-state index contributed by atoms with van der Waals surface area (Å²) in [4.78, 5) is 24.3. The molecule has 1 amide bonds. The third-order valence-corrected chi connectivity index (χ3v) is 5.43. The number of nitrogens with one attached hydrogen (secondary N) is 1. The number of phenolic OH excluding ortho intramolecular Hbond substituents is 1. The van der Waals surface area contributed by atoms with E-state index in [1.54, 1.807) is 24.3 Å². The molecule has 0 unspecified atom stereocenters. The lowest BCUT2D eigenvalue weighted by Gasteiger charge is -2.16. The Kier molecular flexibility index (Phi) is 17.4. The number of phenols is 1. The van der Waals surface area contributed by atoms with Crippen LogP contribution in [0.4, 0.5) is 0 Å². The lowest BCUT2D eigenvalue weighted by Crippen LogP contribution is -2.43. The molecule has 1 aromatic carbocycles. The number of allylic oxidation sites excluding steroid dienone is 8. The van der Waals surface area contributed by atoms with Gasteiger partial charge < -0.3 is 15.2 Å². The Hall–Kier alpha value is -3.08. The number of carbonyl (C=O) groups is 2. The zero-order valence-corrected chi connectivity index (χ0v) is 21.5. The van der Waals surface area contributed by atoms with Crippen LogP contribution in [0.3, 0.4) is 0 Å². The summed E-state index contributed by atoms with van der Waals surface area (Å²) in [5.41, 5.74) is 0.833. The first kappa shape index (κ1) is 30.0. The van der Waals surface area contributed by atoms with Gasteiger partial charge in [-0.2, -0.15) is 0 Å². The quantitative estimate of drug-likeness (QED) is 0.138. The van der Waals surface area contributed by atoms with Gasteiger partial charge in [-0.25, -0.2) is 4.79 Å². The second-order valence-electron chi connectivity index (χ2n) is 8.49. The van der Waals surface area contributed by atoms with Crippen molar-refractivity contribution in [3.05, 3.63) is 78.4 Å². The van der Waals surface area contributed by atoms with E-state index < -0.39 is 12.0 Å². The largest absolute Gasteiger partial charge is 0.508 e. The molecule has 5 heteroatoms. The highest BCUT2D eigenvalue weighted by Gasteiger charge is 2.21. The normalized spacial score (nSPS) is 12.7. The van der Waals surface area contributed by atoms with Gasteiger partial charge in [0, 0.05) is 12.8 Å². The van der Waals surface area contributed by atoms with Gasteiger partial charge in [0.05, 0.1) is 7.11 Å². The van der Waals surface area contributed by atoms with Gasteiger partial charge in [-0.1, -0.05) is 80.5 Å². The number of ether oxygens (including phenoxy) is 1. The Labute approximate surface area is 211 Å². The molecule has 5 nitrogen and oxygen atoms in total. The van der Waals surface area contributed by atoms with Crippen LogP contribution in [0.5, 0.6) is 5.75 Å². The Morgan fingerprint density at radius 2 is 1.40 bits per heavy atom. The Morgan fingerprint density at radius 1 is 0.857 bits per heavy atom. The van der Waals surface area contributed by atoms with E-state index in [0.717, 1.165) is 31.2 Å². The molecule has 0 bridgehead atoms. The summed E-state index contributed by atoms with van der Waals surface area (Å²) >= 11 is 0. The molecule has 0 radical (unpaired) electrons. The van der Waals surface area contributed by atoms with Crippen LogP contribution in [0.15, 0.2) is 72.9 Å². The summed E-state index contributed by atoms with van der Waals surface area (Å²) in [7, 11) is 1.31. The molecule has 0 aliphatic rings. The van der Waals surface area contributed by atoms with E-state index in [2.05, 4.69) is 60.8 Å². The van der Waals surface area contributed by atoms with Crippen LogP contribution in [0.25, 0.3) is 0 Å². The van der Waals surface area contributed by atoms with Gasteiger partial charge in [0.25, 0.3) is 0 Å². The number of carbonyl (C=O) groups excluding carboxylic acids is 2. The van der Waals surface area contributed by atoms with Gasteiger partial charge in [-0.05, 0) is 62.6 Å². The molecule has 1 aromatic rings. The second-order valence-corrected chi connectivity index (χ2v) is 8.49. The molecule has 0 heterocycles. The van der Waals surface area contributed by atoms with Crippen LogP contribution in [-0.2, 0) is 20.7 Å². The number of aromatic hydroxyl groups is 1. The van der Waals surface area contributed by atoms with Crippen molar-refractivity contribution in [1.29, 1.82) is 0 Å². The van der Waals surface area contributed by atoms with E-state index in [9.17, 15) is 14.7 Å². The fourth-order valence-corrected chi connectivity index (χ4v) is 3.41. The van der Waals surface area contributed by atoms with Gasteiger partial charge in [-0.15, -0.1) is 0 Å². The SMILES string of the molecule is CCCCCC=CCC=CCC=CCC=CCCCC(=O)N[C@@H](Cc1ccc(O)cc1)C(=O)OC. The van der Waals surface area contributed by atoms with Crippen molar-refractivity contribution in [3.8, 4) is 5.75 Å². The number of esters is 1. The van der Waals surface area contributed by atoms with E-state index in [0.29, 0.717) is 19.3 Å². The van der Waals surface area contributed by atoms with E-state index in [4.69, 9.17) is 4.74 Å². The smallest absolute Gasteiger partial charge is 0.328 e. The van der Waals surface area contributed by atoms with Crippen molar-refractivity contribution in [1.82, 2.24) is 5.32 Å². The summed E-state index contributed by atoms with van der Waals surface area (Å²) in [5, 5.41) is 12.2. The Morgan fingerprint density at radius 3 is 1.94 bits per heavy atom. The highest BCUT2D eigenvalue weighted by molar-refractivity contribution is 5.84. The number of benzene rings is 1. The minimum absolute atomic E-state index is 0.157. The molecular weight excluding hydrogens is 438 g/mol. The molecule has 0 aromatic heterocycles. The number of hydrogen-bond donors (Lipinski definition) is 2. The van der Waals surface area contributed by atoms with Crippen LogP contribution < -0.4 is 5.32 Å². The molecule has 2 N–H and O–H groups in total. The highest BCUT2D eigenvalue weighted by atomic mass is 16.5. The lowest BCUT2D eigenvalue weighted by atomic mass is 10.1. The molecule has 0 saturated carbocycles. The number of unbranched alkanes of at least 4 members (excludes halogenated alkanes) is 4. The van der Waals surface area contributed by atoms with Crippen LogP contribution in [0.2, 0.25) is 0 Å². The summed E-state index contributed by atoms with van der Waals surface area (Å²) in [5.74, 6) is -0.494. The molecule has 0 aliphatic heterocycles. The zero-order valence-electron chi connectivity index (χ0n) is 21.5. The molecule has 1 atom stereocenters. The first-order valence-corrected chi connectivity index (χ1v) is 12.8. The molecule has 0 saturated heterocycles. The molecule has 0 aliphatic carbocycles. The Balaban J connectivity index is 2.17. The lowest BCUT2D eigenvalue weighted by molar-refractivity contribution is -0.145. The van der Waals surface area contributed by atoms with E-state index >= 15 is 0 Å². The van der Waals surface area contributed by atoms with Crippen LogP contribution in [0.1, 0.15) is 76.7 Å². The average Bonchev–Trinajstić information content (AvgIpc) is 2.86. The van der Waals surface area contributed by atoms with E-state index in [-0.39, 0.29) is 11.7 Å². The number of methoxy groups -OCH3 is 1. The van der Waals surface area contributed by atoms with Gasteiger partial charge in [0.2, 0.25) is 5.91 Å². The summed E-state index contributed by atoms with van der Waals surface area (Å²) in [6.45, 7) is 2.23. The van der Waals surface area contributed by atoms with E-state index in [1.807, 2.05) is 0 Å². The Bertz CT molecular complexity index is 821. The third-order valence-electron chi connectivity index (χ3n) is 5.43. The molecular formula is C30H43NO4. The minimum atomic E-state index is -0.742. The molecule has 0 spiro atoms. The summed E-state index contributed by atoms with van der Waals surface area (Å²) in [6.07, 6.45) is 27.5.